The summed E-state index contributed by atoms with van der Waals surface area (Å²) < 4.78 is 89.5. The highest BCUT2D eigenvalue weighted by Gasteiger charge is 2.33. The van der Waals surface area contributed by atoms with Crippen LogP contribution in [0.15, 0.2) is 42.5 Å². The van der Waals surface area contributed by atoms with Crippen LogP contribution in [0.3, 0.4) is 0 Å². The van der Waals surface area contributed by atoms with Gasteiger partial charge in [0.2, 0.25) is 5.91 Å². The monoisotopic (exact) mass is 394 g/mol. The lowest BCUT2D eigenvalue weighted by molar-refractivity contribution is -0.139. The van der Waals surface area contributed by atoms with Crippen LogP contribution in [0.5, 0.6) is 0 Å². The van der Waals surface area contributed by atoms with E-state index >= 15 is 0 Å². The fourth-order valence-electron chi connectivity index (χ4n) is 2.21. The Morgan fingerprint density at radius 3 is 2.26 bits per heavy atom. The molecule has 3 nitrogen and oxygen atoms in total. The van der Waals surface area contributed by atoms with Crippen LogP contribution in [0.4, 0.5) is 36.4 Å². The molecule has 0 saturated carbocycles. The Morgan fingerprint density at radius 1 is 0.926 bits per heavy atom. The van der Waals surface area contributed by atoms with Crippen LogP contribution in [0.25, 0.3) is 0 Å². The van der Waals surface area contributed by atoms with Gasteiger partial charge in [0, 0.05) is 12.2 Å². The van der Waals surface area contributed by atoms with Crippen molar-refractivity contribution in [3.05, 3.63) is 65.0 Å². The minimum atomic E-state index is -4.79. The van der Waals surface area contributed by atoms with Crippen LogP contribution >= 0.6 is 0 Å². The van der Waals surface area contributed by atoms with Crippen LogP contribution in [0, 0.1) is 5.82 Å². The number of nitrogens with one attached hydrogen (secondary N) is 2. The number of rotatable bonds is 5. The number of carbonyl (C=O) groups is 1. The molecule has 0 aliphatic carbocycles. The number of hydrogen-bond donors (Lipinski definition) is 2. The number of amides is 1. The van der Waals surface area contributed by atoms with Gasteiger partial charge in [-0.3, -0.25) is 4.79 Å². The summed E-state index contributed by atoms with van der Waals surface area (Å²) in [6.07, 6.45) is -9.34. The Balaban J connectivity index is 1.96. The van der Waals surface area contributed by atoms with E-state index in [1.807, 2.05) is 0 Å². The van der Waals surface area contributed by atoms with Crippen LogP contribution in [0.1, 0.15) is 16.7 Å². The molecule has 0 saturated heterocycles. The van der Waals surface area contributed by atoms with E-state index in [2.05, 4.69) is 10.6 Å². The van der Waals surface area contributed by atoms with E-state index in [1.165, 1.54) is 6.07 Å². The Bertz CT molecular complexity index is 816. The molecule has 0 atom stereocenters. The molecule has 0 radical (unpaired) electrons. The number of hydrogen-bond acceptors (Lipinski definition) is 2. The molecule has 0 aliphatic heterocycles. The first kappa shape index (κ1) is 20.5. The van der Waals surface area contributed by atoms with E-state index < -0.39 is 48.3 Å². The number of alkyl halides is 6. The first-order valence-corrected chi connectivity index (χ1v) is 7.50. The van der Waals surface area contributed by atoms with Crippen molar-refractivity contribution in [3.8, 4) is 0 Å². The van der Waals surface area contributed by atoms with E-state index in [4.69, 9.17) is 0 Å². The molecule has 1 amide bonds. The lowest BCUT2D eigenvalue weighted by Crippen LogP contribution is -2.30. The van der Waals surface area contributed by atoms with Crippen molar-refractivity contribution in [1.29, 1.82) is 0 Å². The third-order valence-corrected chi connectivity index (χ3v) is 3.50. The van der Waals surface area contributed by atoms with Gasteiger partial charge in [0.05, 0.1) is 17.7 Å². The molecule has 0 fully saturated rings. The number of benzene rings is 2. The number of carbonyl (C=O) groups excluding carboxylic acids is 1. The maximum atomic E-state index is 13.0. The summed E-state index contributed by atoms with van der Waals surface area (Å²) in [4.78, 5) is 11.7. The summed E-state index contributed by atoms with van der Waals surface area (Å²) in [6, 6.07) is 6.17. The van der Waals surface area contributed by atoms with E-state index in [9.17, 15) is 35.5 Å². The van der Waals surface area contributed by atoms with Crippen molar-refractivity contribution < 1.29 is 35.5 Å². The molecule has 0 aromatic heterocycles. The second kappa shape index (κ2) is 7.85. The Morgan fingerprint density at radius 2 is 1.63 bits per heavy atom. The zero-order valence-corrected chi connectivity index (χ0v) is 13.5. The maximum absolute atomic E-state index is 13.0. The molecule has 0 spiro atoms. The molecule has 0 unspecified atom stereocenters. The first-order valence-electron chi connectivity index (χ1n) is 7.50. The van der Waals surface area contributed by atoms with Crippen LogP contribution in [-0.2, 0) is 23.7 Å². The third-order valence-electron chi connectivity index (χ3n) is 3.50. The maximum Gasteiger partial charge on any atom is 0.416 e. The molecule has 2 N–H and O–H groups in total. The molecule has 2 aromatic carbocycles. The SMILES string of the molecule is O=C(CNc1cccc(C(F)(F)F)c1)NCc1ccc(F)cc1C(F)(F)F. The second-order valence-electron chi connectivity index (χ2n) is 5.51. The zero-order valence-electron chi connectivity index (χ0n) is 13.5. The Hall–Kier alpha value is -2.78. The molecular weight excluding hydrogens is 381 g/mol. The normalized spacial score (nSPS) is 12.0. The van der Waals surface area contributed by atoms with Gasteiger partial charge in [0.15, 0.2) is 0 Å². The van der Waals surface area contributed by atoms with Gasteiger partial charge in [0.25, 0.3) is 0 Å². The topological polar surface area (TPSA) is 41.1 Å². The Labute approximate surface area is 149 Å². The van der Waals surface area contributed by atoms with Crippen LogP contribution < -0.4 is 10.6 Å². The molecule has 0 heterocycles. The first-order chi connectivity index (χ1) is 12.5. The lowest BCUT2D eigenvalue weighted by Gasteiger charge is -2.14. The van der Waals surface area contributed by atoms with Crippen LogP contribution in [0.2, 0.25) is 0 Å². The predicted octanol–water partition coefficient (Wildman–Crippen LogP) is 4.59. The van der Waals surface area contributed by atoms with Gasteiger partial charge < -0.3 is 10.6 Å². The van der Waals surface area contributed by atoms with Gasteiger partial charge in [-0.25, -0.2) is 4.39 Å². The minimum absolute atomic E-state index is 0.0257. The number of anilines is 1. The quantitative estimate of drug-likeness (QED) is 0.729. The van der Waals surface area contributed by atoms with Crippen molar-refractivity contribution >= 4 is 11.6 Å². The summed E-state index contributed by atoms with van der Waals surface area (Å²) >= 11 is 0. The van der Waals surface area contributed by atoms with Crippen molar-refractivity contribution in [3.63, 3.8) is 0 Å². The minimum Gasteiger partial charge on any atom is -0.376 e. The standard InChI is InChI=1S/C17H13F7N2O/c18-12-5-4-10(14(7-12)17(22,23)24)8-26-15(27)9-25-13-3-1-2-11(6-13)16(19,20)21/h1-7,25H,8-9H2,(H,26,27). The molecule has 0 bridgehead atoms. The zero-order chi connectivity index (χ0) is 20.2. The highest BCUT2D eigenvalue weighted by Crippen LogP contribution is 2.32. The summed E-state index contributed by atoms with van der Waals surface area (Å²) in [5.41, 5.74) is -2.43. The summed E-state index contributed by atoms with van der Waals surface area (Å²) in [6.45, 7) is -0.970. The van der Waals surface area contributed by atoms with E-state index in [0.29, 0.717) is 6.07 Å². The average molecular weight is 394 g/mol. The second-order valence-corrected chi connectivity index (χ2v) is 5.51. The molecule has 27 heavy (non-hydrogen) atoms. The molecule has 0 aliphatic rings. The molecule has 2 aromatic rings. The highest BCUT2D eigenvalue weighted by atomic mass is 19.4. The van der Waals surface area contributed by atoms with Crippen LogP contribution in [-0.4, -0.2) is 12.5 Å². The summed E-state index contributed by atoms with van der Waals surface area (Å²) in [5, 5.41) is 4.65. The largest absolute Gasteiger partial charge is 0.416 e. The predicted molar refractivity (Wildman–Crippen MR) is 83.2 cm³/mol. The van der Waals surface area contributed by atoms with Gasteiger partial charge in [-0.15, -0.1) is 0 Å². The molecule has 10 heteroatoms. The molecule has 2 rings (SSSR count). The highest BCUT2D eigenvalue weighted by molar-refractivity contribution is 5.80. The van der Waals surface area contributed by atoms with E-state index in [0.717, 1.165) is 30.3 Å². The van der Waals surface area contributed by atoms with E-state index in [1.54, 1.807) is 0 Å². The molecular formula is C17H13F7N2O. The van der Waals surface area contributed by atoms with Gasteiger partial charge >= 0.3 is 12.4 Å². The van der Waals surface area contributed by atoms with E-state index in [-0.39, 0.29) is 11.3 Å². The fourth-order valence-corrected chi connectivity index (χ4v) is 2.21. The van der Waals surface area contributed by atoms with Gasteiger partial charge in [0.1, 0.15) is 5.82 Å². The van der Waals surface area contributed by atoms with Crippen molar-refractivity contribution in [2.24, 2.45) is 0 Å². The molecule has 146 valence electrons. The Kier molecular flexibility index (Phi) is 5.97. The van der Waals surface area contributed by atoms with Crippen molar-refractivity contribution in [2.75, 3.05) is 11.9 Å². The fraction of sp³-hybridized carbons (Fsp3) is 0.235. The summed E-state index contributed by atoms with van der Waals surface area (Å²) in [5.74, 6) is -1.81. The van der Waals surface area contributed by atoms with Gasteiger partial charge in [-0.1, -0.05) is 12.1 Å². The van der Waals surface area contributed by atoms with Gasteiger partial charge in [-0.2, -0.15) is 26.3 Å². The van der Waals surface area contributed by atoms with Crippen molar-refractivity contribution in [2.45, 2.75) is 18.9 Å². The summed E-state index contributed by atoms with van der Waals surface area (Å²) in [7, 11) is 0. The van der Waals surface area contributed by atoms with Gasteiger partial charge in [-0.05, 0) is 35.9 Å². The third kappa shape index (κ3) is 5.87. The smallest absolute Gasteiger partial charge is 0.376 e. The average Bonchev–Trinajstić information content (AvgIpc) is 2.57. The number of halogens is 7. The lowest BCUT2D eigenvalue weighted by atomic mass is 10.1. The van der Waals surface area contributed by atoms with Crippen molar-refractivity contribution in [1.82, 2.24) is 5.32 Å².